The monoisotopic (exact) mass is 517 g/mol. The van der Waals surface area contributed by atoms with Gasteiger partial charge in [-0.1, -0.05) is 43.5 Å². The summed E-state index contributed by atoms with van der Waals surface area (Å²) in [7, 11) is 0. The van der Waals surface area contributed by atoms with Gasteiger partial charge in [-0.15, -0.1) is 6.42 Å². The van der Waals surface area contributed by atoms with Gasteiger partial charge in [0.25, 0.3) is 0 Å². The Labute approximate surface area is 228 Å². The second-order valence-electron chi connectivity index (χ2n) is 8.59. The van der Waals surface area contributed by atoms with Gasteiger partial charge >= 0.3 is 0 Å². The number of rotatable bonds is 10. The maximum Gasteiger partial charge on any atom is 0.214 e. The maximum atomic E-state index is 8.02. The first-order valence-electron chi connectivity index (χ1n) is 12.0. The number of hydrogen-bond donors (Lipinski definition) is 4. The lowest BCUT2D eigenvalue weighted by Crippen LogP contribution is -2.12. The maximum absolute atomic E-state index is 8.02. The van der Waals surface area contributed by atoms with Crippen molar-refractivity contribution in [2.75, 3.05) is 0 Å². The van der Waals surface area contributed by atoms with Crippen LogP contribution in [0, 0.1) is 17.8 Å². The van der Waals surface area contributed by atoms with Crippen LogP contribution < -0.4 is 21.9 Å². The SMILES string of the molecule is C#CC(N)=Nc1ccc(-c2ccc(N=C(N)CCc3ccc(N=C(N)C=C)cc3)cc2)cc1OC(=N)C(=C)C. The van der Waals surface area contributed by atoms with Gasteiger partial charge in [0, 0.05) is 12.0 Å². The smallest absolute Gasteiger partial charge is 0.214 e. The summed E-state index contributed by atoms with van der Waals surface area (Å²) >= 11 is 0. The fourth-order valence-corrected chi connectivity index (χ4v) is 3.38. The van der Waals surface area contributed by atoms with E-state index in [0.29, 0.717) is 35.1 Å². The fourth-order valence-electron chi connectivity index (χ4n) is 3.38. The van der Waals surface area contributed by atoms with Crippen LogP contribution in [-0.4, -0.2) is 23.4 Å². The number of aryl methyl sites for hydroxylation is 1. The third kappa shape index (κ3) is 8.30. The van der Waals surface area contributed by atoms with E-state index >= 15 is 0 Å². The second kappa shape index (κ2) is 13.2. The van der Waals surface area contributed by atoms with E-state index in [1.165, 1.54) is 6.08 Å². The predicted molar refractivity (Wildman–Crippen MR) is 163 cm³/mol. The number of nitrogens with one attached hydrogen (secondary N) is 1. The number of amidine groups is 3. The number of terminal acetylenes is 1. The molecule has 3 aromatic rings. The van der Waals surface area contributed by atoms with Crippen LogP contribution in [0.15, 0.2) is 107 Å². The van der Waals surface area contributed by atoms with Gasteiger partial charge in [0.15, 0.2) is 11.6 Å². The summed E-state index contributed by atoms with van der Waals surface area (Å²) in [5, 5.41) is 8.02. The molecule has 0 fully saturated rings. The first kappa shape index (κ1) is 28.2. The zero-order valence-corrected chi connectivity index (χ0v) is 21.8. The highest BCUT2D eigenvalue weighted by atomic mass is 16.5. The molecule has 0 radical (unpaired) electrons. The van der Waals surface area contributed by atoms with Gasteiger partial charge in [-0.2, -0.15) is 0 Å². The number of nitrogens with zero attached hydrogens (tertiary/aromatic N) is 3. The minimum atomic E-state index is -0.0788. The van der Waals surface area contributed by atoms with E-state index in [1.54, 1.807) is 19.1 Å². The predicted octanol–water partition coefficient (Wildman–Crippen LogP) is 5.70. The molecule has 0 spiro atoms. The van der Waals surface area contributed by atoms with E-state index in [9.17, 15) is 0 Å². The van der Waals surface area contributed by atoms with Gasteiger partial charge in [-0.25, -0.2) is 15.0 Å². The van der Waals surface area contributed by atoms with Crippen LogP contribution in [0.4, 0.5) is 17.1 Å². The molecule has 3 aromatic carbocycles. The molecular formula is C31H31N7O. The van der Waals surface area contributed by atoms with Crippen molar-refractivity contribution in [3.05, 3.63) is 97.1 Å². The first-order valence-corrected chi connectivity index (χ1v) is 12.0. The standard InChI is InChI=1S/C31H31N7O/c1-5-28(32)36-24-13-7-21(8-14-24)9-18-30(34)37-25-15-10-22(11-16-25)23-12-17-26(38-29(33)6-2)27(19-23)39-31(35)20(3)4/h2,5,7-8,10-17,19,35H,1,3,9,18H2,4H3,(H2,32,36)(H2,33,38)(H2,34,37). The van der Waals surface area contributed by atoms with Crippen LogP contribution in [0.2, 0.25) is 0 Å². The van der Waals surface area contributed by atoms with Crippen LogP contribution in [-0.2, 0) is 6.42 Å². The Bertz CT molecular complexity index is 1510. The lowest BCUT2D eigenvalue weighted by molar-refractivity contribution is 0.548. The summed E-state index contributed by atoms with van der Waals surface area (Å²) in [6, 6.07) is 20.8. The largest absolute Gasteiger partial charge is 0.437 e. The lowest BCUT2D eigenvalue weighted by Gasteiger charge is -2.12. The molecule has 0 aromatic heterocycles. The van der Waals surface area contributed by atoms with Crippen molar-refractivity contribution in [3.8, 4) is 29.2 Å². The minimum Gasteiger partial charge on any atom is -0.437 e. The molecule has 0 bridgehead atoms. The van der Waals surface area contributed by atoms with E-state index in [2.05, 4.69) is 34.1 Å². The second-order valence-corrected chi connectivity index (χ2v) is 8.59. The van der Waals surface area contributed by atoms with Crippen LogP contribution in [0.5, 0.6) is 5.75 Å². The Balaban J connectivity index is 1.73. The molecule has 0 unspecified atom stereocenters. The molecule has 0 saturated heterocycles. The molecule has 0 aliphatic heterocycles. The van der Waals surface area contributed by atoms with Crippen molar-refractivity contribution in [1.82, 2.24) is 0 Å². The van der Waals surface area contributed by atoms with Crippen LogP contribution in [0.3, 0.4) is 0 Å². The van der Waals surface area contributed by atoms with Crippen molar-refractivity contribution in [3.63, 3.8) is 0 Å². The number of nitrogens with two attached hydrogens (primary N) is 3. The molecule has 0 amide bonds. The molecule has 0 saturated carbocycles. The Kier molecular flexibility index (Phi) is 9.54. The van der Waals surface area contributed by atoms with Crippen molar-refractivity contribution in [1.29, 1.82) is 5.41 Å². The molecule has 196 valence electrons. The molecule has 8 nitrogen and oxygen atoms in total. The lowest BCUT2D eigenvalue weighted by atomic mass is 10.0. The number of benzene rings is 3. The van der Waals surface area contributed by atoms with Gasteiger partial charge in [0.2, 0.25) is 5.90 Å². The first-order chi connectivity index (χ1) is 18.7. The Morgan fingerprint density at radius 1 is 0.949 bits per heavy atom. The van der Waals surface area contributed by atoms with Crippen LogP contribution >= 0.6 is 0 Å². The average Bonchev–Trinajstić information content (AvgIpc) is 2.93. The van der Waals surface area contributed by atoms with Gasteiger partial charge in [0.1, 0.15) is 11.5 Å². The van der Waals surface area contributed by atoms with Crippen molar-refractivity contribution < 1.29 is 4.74 Å². The van der Waals surface area contributed by atoms with Gasteiger partial charge < -0.3 is 21.9 Å². The number of ether oxygens (including phenoxy) is 1. The zero-order valence-electron chi connectivity index (χ0n) is 21.8. The summed E-state index contributed by atoms with van der Waals surface area (Å²) in [6.45, 7) is 9.02. The third-order valence-corrected chi connectivity index (χ3v) is 5.50. The highest BCUT2D eigenvalue weighted by molar-refractivity contribution is 5.99. The normalized spacial score (nSPS) is 11.9. The zero-order chi connectivity index (χ0) is 28.4. The molecule has 0 aliphatic rings. The summed E-state index contributed by atoms with van der Waals surface area (Å²) in [5.41, 5.74) is 22.9. The highest BCUT2D eigenvalue weighted by Gasteiger charge is 2.11. The van der Waals surface area contributed by atoms with E-state index in [-0.39, 0.29) is 11.7 Å². The topological polar surface area (TPSA) is 148 Å². The molecule has 3 rings (SSSR count). The summed E-state index contributed by atoms with van der Waals surface area (Å²) in [6.07, 6.45) is 8.19. The summed E-state index contributed by atoms with van der Waals surface area (Å²) in [4.78, 5) is 13.0. The molecule has 7 N–H and O–H groups in total. The Morgan fingerprint density at radius 3 is 2.18 bits per heavy atom. The van der Waals surface area contributed by atoms with E-state index < -0.39 is 0 Å². The van der Waals surface area contributed by atoms with E-state index in [0.717, 1.165) is 34.5 Å². The average molecular weight is 518 g/mol. The Hall–Kier alpha value is -5.42. The summed E-state index contributed by atoms with van der Waals surface area (Å²) < 4.78 is 5.68. The molecule has 39 heavy (non-hydrogen) atoms. The van der Waals surface area contributed by atoms with Crippen molar-refractivity contribution in [2.24, 2.45) is 32.2 Å². The molecule has 0 heterocycles. The fraction of sp³-hybridized carbons (Fsp3) is 0.0968. The number of aliphatic imine (C=N–C) groups is 3. The number of hydrogen-bond acceptors (Lipinski definition) is 5. The molecular weight excluding hydrogens is 486 g/mol. The van der Waals surface area contributed by atoms with E-state index in [4.69, 9.17) is 33.8 Å². The van der Waals surface area contributed by atoms with Crippen LogP contribution in [0.25, 0.3) is 11.1 Å². The molecule has 8 heteroatoms. The highest BCUT2D eigenvalue weighted by Crippen LogP contribution is 2.34. The molecule has 0 aliphatic carbocycles. The van der Waals surface area contributed by atoms with Crippen molar-refractivity contribution >= 4 is 40.5 Å². The van der Waals surface area contributed by atoms with Crippen molar-refractivity contribution in [2.45, 2.75) is 19.8 Å². The van der Waals surface area contributed by atoms with Gasteiger partial charge in [-0.05, 0) is 78.4 Å². The minimum absolute atomic E-state index is 0.00846. The van der Waals surface area contributed by atoms with Gasteiger partial charge in [-0.3, -0.25) is 5.41 Å². The van der Waals surface area contributed by atoms with Crippen LogP contribution in [0.1, 0.15) is 18.9 Å². The van der Waals surface area contributed by atoms with E-state index in [1.807, 2.05) is 54.6 Å². The summed E-state index contributed by atoms with van der Waals surface area (Å²) in [5.74, 6) is 3.46. The third-order valence-electron chi connectivity index (χ3n) is 5.50. The van der Waals surface area contributed by atoms with Gasteiger partial charge in [0.05, 0.1) is 17.2 Å². The Morgan fingerprint density at radius 2 is 1.56 bits per heavy atom. The quantitative estimate of drug-likeness (QED) is 0.155. The molecule has 0 atom stereocenters.